The van der Waals surface area contributed by atoms with E-state index in [1.807, 2.05) is 0 Å². The molecule has 3 rings (SSSR count). The molecule has 0 atom stereocenters. The standard InChI is InChI=1S/C17H14N6O10S2/c18-15-21-16(19-9-2-7(13(24)25)1-8(3-9)14(26)27)23-17(22-15)20-10-4-11(34(28,29)30)6-12(5-10)35(31,32)33/h1-6H,(H,24,25)(H,26,27)(H,28,29,30)(H,31,32,33)(H4,18,19,20,21,22,23). The van der Waals surface area contributed by atoms with Crippen LogP contribution >= 0.6 is 0 Å². The van der Waals surface area contributed by atoms with E-state index in [1.165, 1.54) is 0 Å². The number of nitrogen functional groups attached to an aromatic ring is 1. The van der Waals surface area contributed by atoms with Gasteiger partial charge in [0.15, 0.2) is 0 Å². The van der Waals surface area contributed by atoms with E-state index in [2.05, 4.69) is 25.6 Å². The summed E-state index contributed by atoms with van der Waals surface area (Å²) in [5, 5.41) is 23.3. The third kappa shape index (κ3) is 6.35. The van der Waals surface area contributed by atoms with Crippen LogP contribution in [0.5, 0.6) is 0 Å². The Morgan fingerprint density at radius 3 is 1.46 bits per heavy atom. The van der Waals surface area contributed by atoms with Crippen LogP contribution in [0.2, 0.25) is 0 Å². The predicted molar refractivity (Wildman–Crippen MR) is 117 cm³/mol. The molecular formula is C17H14N6O10S2. The van der Waals surface area contributed by atoms with E-state index in [9.17, 15) is 45.7 Å². The number of hydrogen-bond acceptors (Lipinski definition) is 12. The van der Waals surface area contributed by atoms with E-state index in [-0.39, 0.29) is 34.4 Å². The lowest BCUT2D eigenvalue weighted by Gasteiger charge is -2.11. The minimum absolute atomic E-state index is 0.0409. The molecule has 1 aromatic heterocycles. The molecule has 0 aliphatic rings. The molecular weight excluding hydrogens is 512 g/mol. The van der Waals surface area contributed by atoms with Gasteiger partial charge in [-0.1, -0.05) is 0 Å². The molecule has 35 heavy (non-hydrogen) atoms. The van der Waals surface area contributed by atoms with Gasteiger partial charge in [0.1, 0.15) is 0 Å². The summed E-state index contributed by atoms with van der Waals surface area (Å²) in [6.45, 7) is 0. The van der Waals surface area contributed by atoms with Gasteiger partial charge in [0.25, 0.3) is 20.2 Å². The molecule has 18 heteroatoms. The lowest BCUT2D eigenvalue weighted by atomic mass is 10.1. The topological polar surface area (TPSA) is 272 Å². The summed E-state index contributed by atoms with van der Waals surface area (Å²) >= 11 is 0. The van der Waals surface area contributed by atoms with Crippen LogP contribution in [-0.4, -0.2) is 63.0 Å². The maximum Gasteiger partial charge on any atom is 0.335 e. The molecule has 0 radical (unpaired) electrons. The van der Waals surface area contributed by atoms with Crippen LogP contribution in [0.1, 0.15) is 20.7 Å². The smallest absolute Gasteiger partial charge is 0.335 e. The third-order valence-corrected chi connectivity index (χ3v) is 5.73. The molecule has 16 nitrogen and oxygen atoms in total. The van der Waals surface area contributed by atoms with E-state index < -0.39 is 47.9 Å². The quantitative estimate of drug-likeness (QED) is 0.200. The molecule has 0 amide bonds. The third-order valence-electron chi connectivity index (χ3n) is 4.07. The molecule has 0 aliphatic carbocycles. The van der Waals surface area contributed by atoms with Crippen molar-refractivity contribution in [2.45, 2.75) is 9.79 Å². The monoisotopic (exact) mass is 526 g/mol. The summed E-state index contributed by atoms with van der Waals surface area (Å²) in [7, 11) is -9.76. The summed E-state index contributed by atoms with van der Waals surface area (Å²) in [6, 6.07) is 5.25. The van der Waals surface area contributed by atoms with E-state index >= 15 is 0 Å². The number of carboxylic acid groups (broad SMARTS) is 2. The Bertz CT molecular complexity index is 1490. The summed E-state index contributed by atoms with van der Waals surface area (Å²) in [6.07, 6.45) is 0. The van der Waals surface area contributed by atoms with Gasteiger partial charge in [0.2, 0.25) is 17.8 Å². The molecule has 0 fully saturated rings. The van der Waals surface area contributed by atoms with Gasteiger partial charge in [-0.05, 0) is 36.4 Å². The number of nitrogens with two attached hydrogens (primary N) is 1. The Morgan fingerprint density at radius 1 is 0.686 bits per heavy atom. The van der Waals surface area contributed by atoms with Crippen molar-refractivity contribution >= 4 is 61.4 Å². The number of carbonyl (C=O) groups is 2. The Kier molecular flexibility index (Phi) is 6.56. The van der Waals surface area contributed by atoms with Gasteiger partial charge in [-0.3, -0.25) is 9.11 Å². The average molecular weight is 526 g/mol. The van der Waals surface area contributed by atoms with Crippen LogP contribution in [0.25, 0.3) is 0 Å². The number of benzene rings is 2. The Balaban J connectivity index is 2.01. The van der Waals surface area contributed by atoms with Gasteiger partial charge >= 0.3 is 11.9 Å². The summed E-state index contributed by atoms with van der Waals surface area (Å²) in [5.41, 5.74) is 4.57. The van der Waals surface area contributed by atoms with Crippen molar-refractivity contribution < 1.29 is 45.7 Å². The van der Waals surface area contributed by atoms with Crippen molar-refractivity contribution in [3.63, 3.8) is 0 Å². The number of nitrogens with zero attached hydrogens (tertiary/aromatic N) is 3. The van der Waals surface area contributed by atoms with E-state index in [0.717, 1.165) is 30.3 Å². The molecule has 0 bridgehead atoms. The molecule has 0 spiro atoms. The SMILES string of the molecule is Nc1nc(Nc2cc(C(=O)O)cc(C(=O)O)c2)nc(Nc2cc(S(=O)(=O)O)cc(S(=O)(=O)O)c2)n1. The lowest BCUT2D eigenvalue weighted by Crippen LogP contribution is -2.09. The Hall–Kier alpha value is -4.39. The van der Waals surface area contributed by atoms with Crippen LogP contribution in [0, 0.1) is 0 Å². The zero-order chi connectivity index (χ0) is 26.1. The molecule has 184 valence electrons. The fourth-order valence-electron chi connectivity index (χ4n) is 2.65. The Labute approximate surface area is 196 Å². The Morgan fingerprint density at radius 2 is 1.09 bits per heavy atom. The fourth-order valence-corrected chi connectivity index (χ4v) is 3.83. The molecule has 0 saturated heterocycles. The zero-order valence-electron chi connectivity index (χ0n) is 16.9. The van der Waals surface area contributed by atoms with Crippen molar-refractivity contribution in [1.82, 2.24) is 15.0 Å². The van der Waals surface area contributed by atoms with Crippen LogP contribution in [0.3, 0.4) is 0 Å². The highest BCUT2D eigenvalue weighted by molar-refractivity contribution is 7.86. The normalized spacial score (nSPS) is 11.6. The molecule has 1 heterocycles. The predicted octanol–water partition coefficient (Wildman–Crippen LogP) is 0.831. The minimum Gasteiger partial charge on any atom is -0.478 e. The second kappa shape index (κ2) is 9.10. The molecule has 3 aromatic rings. The molecule has 8 N–H and O–H groups in total. The molecule has 0 unspecified atom stereocenters. The van der Waals surface area contributed by atoms with Crippen LogP contribution in [0.15, 0.2) is 46.2 Å². The van der Waals surface area contributed by atoms with Crippen molar-refractivity contribution in [2.75, 3.05) is 16.4 Å². The summed E-state index contributed by atoms with van der Waals surface area (Å²) in [5.74, 6) is -3.88. The largest absolute Gasteiger partial charge is 0.478 e. The lowest BCUT2D eigenvalue weighted by molar-refractivity contribution is 0.0696. The van der Waals surface area contributed by atoms with Gasteiger partial charge < -0.3 is 26.6 Å². The second-order valence-corrected chi connectivity index (χ2v) is 9.49. The van der Waals surface area contributed by atoms with Crippen molar-refractivity contribution in [2.24, 2.45) is 0 Å². The number of anilines is 5. The van der Waals surface area contributed by atoms with Gasteiger partial charge in [-0.15, -0.1) is 0 Å². The fraction of sp³-hybridized carbons (Fsp3) is 0. The van der Waals surface area contributed by atoms with E-state index in [1.54, 1.807) is 0 Å². The summed E-state index contributed by atoms with van der Waals surface area (Å²) in [4.78, 5) is 32.2. The molecule has 2 aromatic carbocycles. The van der Waals surface area contributed by atoms with Gasteiger partial charge in [-0.2, -0.15) is 31.8 Å². The number of rotatable bonds is 8. The second-order valence-electron chi connectivity index (χ2n) is 6.64. The first-order valence-electron chi connectivity index (χ1n) is 8.89. The van der Waals surface area contributed by atoms with Gasteiger partial charge in [0, 0.05) is 11.4 Å². The highest BCUT2D eigenvalue weighted by atomic mass is 32.2. The number of carboxylic acids is 2. The highest BCUT2D eigenvalue weighted by Gasteiger charge is 2.19. The minimum atomic E-state index is -4.88. The average Bonchev–Trinajstić information content (AvgIpc) is 2.71. The zero-order valence-corrected chi connectivity index (χ0v) is 18.6. The van der Waals surface area contributed by atoms with Crippen molar-refractivity contribution in [3.05, 3.63) is 47.5 Å². The first-order chi connectivity index (χ1) is 16.1. The summed E-state index contributed by atoms with van der Waals surface area (Å²) < 4.78 is 64.4. The van der Waals surface area contributed by atoms with Gasteiger partial charge in [0.05, 0.1) is 20.9 Å². The number of hydrogen-bond donors (Lipinski definition) is 7. The van der Waals surface area contributed by atoms with Crippen LogP contribution in [-0.2, 0) is 20.2 Å². The number of aromatic carboxylic acids is 2. The van der Waals surface area contributed by atoms with Crippen molar-refractivity contribution in [1.29, 1.82) is 0 Å². The molecule has 0 saturated carbocycles. The maximum absolute atomic E-state index is 11.5. The number of nitrogens with one attached hydrogen (secondary N) is 2. The number of aromatic nitrogens is 3. The van der Waals surface area contributed by atoms with Gasteiger partial charge in [-0.25, -0.2) is 9.59 Å². The van der Waals surface area contributed by atoms with Crippen LogP contribution in [0.4, 0.5) is 29.2 Å². The first kappa shape index (κ1) is 25.2. The highest BCUT2D eigenvalue weighted by Crippen LogP contribution is 2.25. The molecule has 0 aliphatic heterocycles. The first-order valence-corrected chi connectivity index (χ1v) is 11.8. The van der Waals surface area contributed by atoms with E-state index in [0.29, 0.717) is 6.07 Å². The van der Waals surface area contributed by atoms with Crippen LogP contribution < -0.4 is 16.4 Å². The maximum atomic E-state index is 11.5. The van der Waals surface area contributed by atoms with E-state index in [4.69, 9.17) is 5.73 Å². The van der Waals surface area contributed by atoms with Crippen molar-refractivity contribution in [3.8, 4) is 0 Å².